The van der Waals surface area contributed by atoms with Gasteiger partial charge in [0.25, 0.3) is 0 Å². The molecule has 0 spiro atoms. The summed E-state index contributed by atoms with van der Waals surface area (Å²) < 4.78 is 5.68. The molecule has 2 N–H and O–H groups in total. The van der Waals surface area contributed by atoms with Crippen molar-refractivity contribution >= 4 is 29.9 Å². The first kappa shape index (κ1) is 17.4. The van der Waals surface area contributed by atoms with E-state index in [-0.39, 0.29) is 24.0 Å². The van der Waals surface area contributed by atoms with E-state index in [1.165, 1.54) is 38.5 Å². The molecule has 3 rings (SSSR count). The molecule has 2 aliphatic rings. The Kier molecular flexibility index (Phi) is 7.29. The van der Waals surface area contributed by atoms with Crippen LogP contribution in [0.2, 0.25) is 0 Å². The lowest BCUT2D eigenvalue weighted by Gasteiger charge is -2.17. The van der Waals surface area contributed by atoms with Gasteiger partial charge in [0.15, 0.2) is 5.96 Å². The number of guanidine groups is 1. The summed E-state index contributed by atoms with van der Waals surface area (Å²) >= 11 is 0. The zero-order valence-corrected chi connectivity index (χ0v) is 15.3. The van der Waals surface area contributed by atoms with Crippen LogP contribution in [-0.4, -0.2) is 31.2 Å². The Hall–Kier alpha value is -0.980. The first-order chi connectivity index (χ1) is 10.4. The van der Waals surface area contributed by atoms with Crippen molar-refractivity contribution < 1.29 is 4.74 Å². The molecule has 2 aliphatic carbocycles. The molecule has 0 atom stereocenters. The van der Waals surface area contributed by atoms with E-state index in [0.717, 1.165) is 11.7 Å². The molecule has 0 aliphatic heterocycles. The molecule has 1 aromatic carbocycles. The standard InChI is InChI=1S/C17H25N3O.HI/c1-2-8-16(9-3-1)21-13-12-18-17(20-15-10-11-15)19-14-6-4-5-7-14;/h1-3,8-9,14-15H,4-7,10-13H2,(H2,18,19,20);1H. The number of halogens is 1. The van der Waals surface area contributed by atoms with Crippen LogP contribution in [-0.2, 0) is 0 Å². The number of nitrogens with one attached hydrogen (secondary N) is 2. The Labute approximate surface area is 150 Å². The quantitative estimate of drug-likeness (QED) is 0.324. The fourth-order valence-corrected chi connectivity index (χ4v) is 2.66. The zero-order chi connectivity index (χ0) is 14.3. The van der Waals surface area contributed by atoms with E-state index in [1.54, 1.807) is 0 Å². The lowest BCUT2D eigenvalue weighted by Crippen LogP contribution is -2.43. The summed E-state index contributed by atoms with van der Waals surface area (Å²) in [6.07, 6.45) is 7.76. The largest absolute Gasteiger partial charge is 0.492 e. The van der Waals surface area contributed by atoms with E-state index in [0.29, 0.717) is 25.2 Å². The molecule has 2 fully saturated rings. The Morgan fingerprint density at radius 1 is 1.00 bits per heavy atom. The number of ether oxygens (including phenoxy) is 1. The number of hydrogen-bond donors (Lipinski definition) is 2. The summed E-state index contributed by atoms with van der Waals surface area (Å²) in [4.78, 5) is 4.65. The molecule has 0 aromatic heterocycles. The van der Waals surface area contributed by atoms with Crippen LogP contribution in [0.4, 0.5) is 0 Å². The average Bonchev–Trinajstić information content (AvgIpc) is 3.18. The van der Waals surface area contributed by atoms with Gasteiger partial charge >= 0.3 is 0 Å². The van der Waals surface area contributed by atoms with Gasteiger partial charge in [0.2, 0.25) is 0 Å². The number of aliphatic imine (C=N–C) groups is 1. The Balaban J connectivity index is 0.00000176. The highest BCUT2D eigenvalue weighted by Gasteiger charge is 2.24. The van der Waals surface area contributed by atoms with Crippen LogP contribution in [0.5, 0.6) is 5.75 Å². The second-order valence-electron chi connectivity index (χ2n) is 5.94. The number of para-hydroxylation sites is 1. The first-order valence-corrected chi connectivity index (χ1v) is 8.15. The first-order valence-electron chi connectivity index (χ1n) is 8.15. The van der Waals surface area contributed by atoms with Gasteiger partial charge in [-0.3, -0.25) is 0 Å². The van der Waals surface area contributed by atoms with Gasteiger partial charge in [-0.05, 0) is 37.8 Å². The highest BCUT2D eigenvalue weighted by molar-refractivity contribution is 14.0. The van der Waals surface area contributed by atoms with Crippen LogP contribution < -0.4 is 15.4 Å². The molecule has 1 aromatic rings. The molecule has 0 bridgehead atoms. The van der Waals surface area contributed by atoms with Crippen LogP contribution in [0.1, 0.15) is 38.5 Å². The summed E-state index contributed by atoms with van der Waals surface area (Å²) in [5, 5.41) is 7.07. The van der Waals surface area contributed by atoms with Crippen molar-refractivity contribution in [1.82, 2.24) is 10.6 Å². The van der Waals surface area contributed by atoms with E-state index >= 15 is 0 Å². The molecule has 0 saturated heterocycles. The summed E-state index contributed by atoms with van der Waals surface area (Å²) in [5.41, 5.74) is 0. The minimum atomic E-state index is 0. The zero-order valence-electron chi connectivity index (χ0n) is 13.0. The normalized spacial score (nSPS) is 18.6. The van der Waals surface area contributed by atoms with E-state index in [9.17, 15) is 0 Å². The summed E-state index contributed by atoms with van der Waals surface area (Å²) in [6.45, 7) is 1.30. The van der Waals surface area contributed by atoms with Crippen LogP contribution in [0.3, 0.4) is 0 Å². The van der Waals surface area contributed by atoms with Gasteiger partial charge in [0.05, 0.1) is 6.54 Å². The third-order valence-electron chi connectivity index (χ3n) is 3.99. The van der Waals surface area contributed by atoms with Crippen LogP contribution in [0.25, 0.3) is 0 Å². The lowest BCUT2D eigenvalue weighted by atomic mass is 10.2. The maximum atomic E-state index is 5.68. The van der Waals surface area contributed by atoms with Gasteiger partial charge < -0.3 is 15.4 Å². The van der Waals surface area contributed by atoms with Crippen molar-refractivity contribution in [3.63, 3.8) is 0 Å². The maximum Gasteiger partial charge on any atom is 0.191 e. The van der Waals surface area contributed by atoms with E-state index in [4.69, 9.17) is 4.74 Å². The SMILES string of the molecule is I.c1ccc(OCCN=C(NC2CCCC2)NC2CC2)cc1. The van der Waals surface area contributed by atoms with Gasteiger partial charge in [-0.15, -0.1) is 24.0 Å². The number of hydrogen-bond acceptors (Lipinski definition) is 2. The second kappa shape index (κ2) is 9.22. The molecule has 0 heterocycles. The van der Waals surface area contributed by atoms with Gasteiger partial charge in [-0.2, -0.15) is 0 Å². The number of benzene rings is 1. The molecule has 0 radical (unpaired) electrons. The summed E-state index contributed by atoms with van der Waals surface area (Å²) in [7, 11) is 0. The van der Waals surface area contributed by atoms with Crippen molar-refractivity contribution in [2.45, 2.75) is 50.6 Å². The van der Waals surface area contributed by atoms with Gasteiger partial charge in [0, 0.05) is 12.1 Å². The van der Waals surface area contributed by atoms with Crippen LogP contribution in [0, 0.1) is 0 Å². The van der Waals surface area contributed by atoms with Gasteiger partial charge in [0.1, 0.15) is 12.4 Å². The average molecular weight is 415 g/mol. The monoisotopic (exact) mass is 415 g/mol. The molecule has 22 heavy (non-hydrogen) atoms. The summed E-state index contributed by atoms with van der Waals surface area (Å²) in [5.74, 6) is 1.88. The van der Waals surface area contributed by atoms with Crippen molar-refractivity contribution in [3.8, 4) is 5.75 Å². The topological polar surface area (TPSA) is 45.6 Å². The van der Waals surface area contributed by atoms with Crippen molar-refractivity contribution in [2.75, 3.05) is 13.2 Å². The highest BCUT2D eigenvalue weighted by atomic mass is 127. The van der Waals surface area contributed by atoms with E-state index in [2.05, 4.69) is 15.6 Å². The number of rotatable bonds is 6. The second-order valence-corrected chi connectivity index (χ2v) is 5.94. The predicted octanol–water partition coefficient (Wildman–Crippen LogP) is 3.32. The highest BCUT2D eigenvalue weighted by Crippen LogP contribution is 2.20. The fourth-order valence-electron chi connectivity index (χ4n) is 2.66. The minimum Gasteiger partial charge on any atom is -0.492 e. The summed E-state index contributed by atoms with van der Waals surface area (Å²) in [6, 6.07) is 11.2. The number of nitrogens with zero attached hydrogens (tertiary/aromatic N) is 1. The van der Waals surface area contributed by atoms with E-state index in [1.807, 2.05) is 30.3 Å². The van der Waals surface area contributed by atoms with Crippen LogP contribution in [0.15, 0.2) is 35.3 Å². The lowest BCUT2D eigenvalue weighted by molar-refractivity contribution is 0.328. The van der Waals surface area contributed by atoms with E-state index < -0.39 is 0 Å². The smallest absolute Gasteiger partial charge is 0.191 e. The molecule has 2 saturated carbocycles. The van der Waals surface area contributed by atoms with Crippen molar-refractivity contribution in [1.29, 1.82) is 0 Å². The third-order valence-corrected chi connectivity index (χ3v) is 3.99. The van der Waals surface area contributed by atoms with Gasteiger partial charge in [-0.25, -0.2) is 4.99 Å². The molecular weight excluding hydrogens is 389 g/mol. The fraction of sp³-hybridized carbons (Fsp3) is 0.588. The Morgan fingerprint density at radius 3 is 2.27 bits per heavy atom. The Morgan fingerprint density at radius 2 is 1.64 bits per heavy atom. The molecule has 0 amide bonds. The molecule has 122 valence electrons. The predicted molar refractivity (Wildman–Crippen MR) is 101 cm³/mol. The van der Waals surface area contributed by atoms with Crippen molar-refractivity contribution in [2.24, 2.45) is 4.99 Å². The maximum absolute atomic E-state index is 5.68. The molecule has 0 unspecified atom stereocenters. The molecular formula is C17H26IN3O. The molecule has 5 heteroatoms. The molecule has 4 nitrogen and oxygen atoms in total. The third kappa shape index (κ3) is 6.02. The van der Waals surface area contributed by atoms with Gasteiger partial charge in [-0.1, -0.05) is 31.0 Å². The minimum absolute atomic E-state index is 0. The Bertz CT molecular complexity index is 456. The van der Waals surface area contributed by atoms with Crippen LogP contribution >= 0.6 is 24.0 Å². The van der Waals surface area contributed by atoms with Crippen molar-refractivity contribution in [3.05, 3.63) is 30.3 Å².